The van der Waals surface area contributed by atoms with Crippen molar-refractivity contribution < 1.29 is 14.0 Å². The molecule has 1 aromatic carbocycles. The SMILES string of the molecule is CN(CCc1ccncc1)C(=O)C1CCC(C(=O)Nc2ccccc2F)CC1. The highest BCUT2D eigenvalue weighted by molar-refractivity contribution is 5.92. The summed E-state index contributed by atoms with van der Waals surface area (Å²) in [4.78, 5) is 30.9. The second-order valence-electron chi connectivity index (χ2n) is 7.38. The Balaban J connectivity index is 1.45. The number of halogens is 1. The van der Waals surface area contributed by atoms with Crippen LogP contribution in [0.25, 0.3) is 0 Å². The van der Waals surface area contributed by atoms with Crippen molar-refractivity contribution in [3.8, 4) is 0 Å². The lowest BCUT2D eigenvalue weighted by Crippen LogP contribution is -2.37. The van der Waals surface area contributed by atoms with Gasteiger partial charge in [-0.2, -0.15) is 0 Å². The zero-order valence-corrected chi connectivity index (χ0v) is 16.1. The van der Waals surface area contributed by atoms with Crippen molar-refractivity contribution in [3.05, 3.63) is 60.2 Å². The first-order chi connectivity index (χ1) is 13.5. The molecule has 1 saturated carbocycles. The smallest absolute Gasteiger partial charge is 0.227 e. The molecule has 1 heterocycles. The van der Waals surface area contributed by atoms with Crippen LogP contribution in [0.4, 0.5) is 10.1 Å². The lowest BCUT2D eigenvalue weighted by Gasteiger charge is -2.30. The number of nitrogens with one attached hydrogen (secondary N) is 1. The number of hydrogen-bond acceptors (Lipinski definition) is 3. The van der Waals surface area contributed by atoms with Gasteiger partial charge in [0, 0.05) is 37.8 Å². The number of amides is 2. The van der Waals surface area contributed by atoms with Gasteiger partial charge < -0.3 is 10.2 Å². The van der Waals surface area contributed by atoms with Crippen LogP contribution in [0, 0.1) is 17.7 Å². The average Bonchev–Trinajstić information content (AvgIpc) is 2.74. The van der Waals surface area contributed by atoms with Crippen LogP contribution in [0.15, 0.2) is 48.8 Å². The molecular weight excluding hydrogens is 357 g/mol. The molecule has 1 N–H and O–H groups in total. The lowest BCUT2D eigenvalue weighted by molar-refractivity contribution is -0.136. The molecule has 0 unspecified atom stereocenters. The molecule has 3 rings (SSSR count). The van der Waals surface area contributed by atoms with Crippen LogP contribution in [-0.2, 0) is 16.0 Å². The topological polar surface area (TPSA) is 62.3 Å². The van der Waals surface area contributed by atoms with E-state index in [1.54, 1.807) is 35.5 Å². The zero-order valence-electron chi connectivity index (χ0n) is 16.1. The second-order valence-corrected chi connectivity index (χ2v) is 7.38. The van der Waals surface area contributed by atoms with Gasteiger partial charge in [-0.15, -0.1) is 0 Å². The van der Waals surface area contributed by atoms with E-state index in [9.17, 15) is 14.0 Å². The van der Waals surface area contributed by atoms with Crippen LogP contribution in [0.2, 0.25) is 0 Å². The van der Waals surface area contributed by atoms with Gasteiger partial charge in [-0.25, -0.2) is 4.39 Å². The highest BCUT2D eigenvalue weighted by atomic mass is 19.1. The minimum Gasteiger partial charge on any atom is -0.345 e. The number of nitrogens with zero attached hydrogens (tertiary/aromatic N) is 2. The molecule has 0 atom stereocenters. The van der Waals surface area contributed by atoms with E-state index in [4.69, 9.17) is 0 Å². The summed E-state index contributed by atoms with van der Waals surface area (Å²) in [7, 11) is 1.83. The fraction of sp³-hybridized carbons (Fsp3) is 0.409. The summed E-state index contributed by atoms with van der Waals surface area (Å²) < 4.78 is 13.7. The maximum absolute atomic E-state index is 13.7. The average molecular weight is 383 g/mol. The molecule has 0 radical (unpaired) electrons. The Bertz CT molecular complexity index is 804. The van der Waals surface area contributed by atoms with Gasteiger partial charge in [0.1, 0.15) is 5.82 Å². The number of aromatic nitrogens is 1. The third kappa shape index (κ3) is 5.15. The van der Waals surface area contributed by atoms with Crippen LogP contribution >= 0.6 is 0 Å². The van der Waals surface area contributed by atoms with Crippen molar-refractivity contribution in [2.75, 3.05) is 18.9 Å². The predicted molar refractivity (Wildman–Crippen MR) is 106 cm³/mol. The van der Waals surface area contributed by atoms with E-state index in [1.807, 2.05) is 19.2 Å². The molecule has 0 aliphatic heterocycles. The number of rotatable bonds is 6. The Morgan fingerprint density at radius 3 is 2.39 bits per heavy atom. The molecule has 28 heavy (non-hydrogen) atoms. The fourth-order valence-electron chi connectivity index (χ4n) is 3.67. The molecule has 0 saturated heterocycles. The third-order valence-corrected chi connectivity index (χ3v) is 5.44. The van der Waals surface area contributed by atoms with E-state index in [1.165, 1.54) is 6.07 Å². The van der Waals surface area contributed by atoms with Gasteiger partial charge in [-0.1, -0.05) is 12.1 Å². The fourth-order valence-corrected chi connectivity index (χ4v) is 3.67. The number of anilines is 1. The number of pyridine rings is 1. The van der Waals surface area contributed by atoms with Crippen LogP contribution in [-0.4, -0.2) is 35.3 Å². The number of carbonyl (C=O) groups is 2. The first kappa shape index (κ1) is 20.0. The molecule has 1 aliphatic rings. The Kier molecular flexibility index (Phi) is 6.74. The summed E-state index contributed by atoms with van der Waals surface area (Å²) in [6, 6.07) is 10.1. The number of likely N-dealkylation sites (N-methyl/N-ethyl adjacent to an activating group) is 1. The third-order valence-electron chi connectivity index (χ3n) is 5.44. The van der Waals surface area contributed by atoms with E-state index in [-0.39, 0.29) is 29.3 Å². The Hall–Kier alpha value is -2.76. The van der Waals surface area contributed by atoms with Gasteiger partial charge in [0.2, 0.25) is 11.8 Å². The van der Waals surface area contributed by atoms with Crippen LogP contribution < -0.4 is 5.32 Å². The lowest BCUT2D eigenvalue weighted by atomic mass is 9.81. The number of carbonyl (C=O) groups excluding carboxylic acids is 2. The normalized spacial score (nSPS) is 19.1. The van der Waals surface area contributed by atoms with Crippen molar-refractivity contribution in [1.82, 2.24) is 9.88 Å². The predicted octanol–water partition coefficient (Wildman–Crippen LogP) is 3.67. The summed E-state index contributed by atoms with van der Waals surface area (Å²) in [5.74, 6) is -0.676. The summed E-state index contributed by atoms with van der Waals surface area (Å²) in [5.41, 5.74) is 1.37. The number of benzene rings is 1. The molecule has 5 nitrogen and oxygen atoms in total. The summed E-state index contributed by atoms with van der Waals surface area (Å²) in [5, 5.41) is 2.67. The molecular formula is C22H26FN3O2. The van der Waals surface area contributed by atoms with E-state index in [2.05, 4.69) is 10.3 Å². The quantitative estimate of drug-likeness (QED) is 0.828. The van der Waals surface area contributed by atoms with Crippen molar-refractivity contribution >= 4 is 17.5 Å². The first-order valence-corrected chi connectivity index (χ1v) is 9.74. The maximum Gasteiger partial charge on any atom is 0.227 e. The second kappa shape index (κ2) is 9.44. The maximum atomic E-state index is 13.7. The van der Waals surface area contributed by atoms with Crippen LogP contribution in [0.5, 0.6) is 0 Å². The van der Waals surface area contributed by atoms with Gasteiger partial charge in [0.15, 0.2) is 0 Å². The van der Waals surface area contributed by atoms with Gasteiger partial charge in [0.05, 0.1) is 5.69 Å². The largest absolute Gasteiger partial charge is 0.345 e. The molecule has 2 amide bonds. The number of para-hydroxylation sites is 1. The summed E-state index contributed by atoms with van der Waals surface area (Å²) >= 11 is 0. The molecule has 148 valence electrons. The van der Waals surface area contributed by atoms with Crippen molar-refractivity contribution in [2.24, 2.45) is 11.8 Å². The Morgan fingerprint density at radius 1 is 1.07 bits per heavy atom. The molecule has 1 aliphatic carbocycles. The molecule has 2 aromatic rings. The van der Waals surface area contributed by atoms with Crippen molar-refractivity contribution in [2.45, 2.75) is 32.1 Å². The zero-order chi connectivity index (χ0) is 19.9. The van der Waals surface area contributed by atoms with Gasteiger partial charge in [-0.3, -0.25) is 14.6 Å². The van der Waals surface area contributed by atoms with E-state index < -0.39 is 5.82 Å². The standard InChI is InChI=1S/C22H26FN3O2/c1-26(15-12-16-10-13-24-14-11-16)22(28)18-8-6-17(7-9-18)21(27)25-20-5-3-2-4-19(20)23/h2-5,10-11,13-14,17-18H,6-9,12,15H2,1H3,(H,25,27). The van der Waals surface area contributed by atoms with Crippen molar-refractivity contribution in [1.29, 1.82) is 0 Å². The highest BCUT2D eigenvalue weighted by Crippen LogP contribution is 2.31. The Morgan fingerprint density at radius 2 is 1.71 bits per heavy atom. The molecule has 1 aromatic heterocycles. The monoisotopic (exact) mass is 383 g/mol. The van der Waals surface area contributed by atoms with Crippen molar-refractivity contribution in [3.63, 3.8) is 0 Å². The summed E-state index contributed by atoms with van der Waals surface area (Å²) in [6.45, 7) is 0.663. The van der Waals surface area contributed by atoms with E-state index in [0.717, 1.165) is 12.0 Å². The van der Waals surface area contributed by atoms with Gasteiger partial charge in [0.25, 0.3) is 0 Å². The summed E-state index contributed by atoms with van der Waals surface area (Å²) in [6.07, 6.45) is 6.98. The van der Waals surface area contributed by atoms with E-state index in [0.29, 0.717) is 32.2 Å². The van der Waals surface area contributed by atoms with Crippen LogP contribution in [0.3, 0.4) is 0 Å². The minimum absolute atomic E-state index is 0.0417. The van der Waals surface area contributed by atoms with E-state index >= 15 is 0 Å². The Labute approximate surface area is 165 Å². The molecule has 0 spiro atoms. The highest BCUT2D eigenvalue weighted by Gasteiger charge is 2.31. The first-order valence-electron chi connectivity index (χ1n) is 9.74. The van der Waals surface area contributed by atoms with Crippen LogP contribution in [0.1, 0.15) is 31.2 Å². The minimum atomic E-state index is -0.435. The molecule has 6 heteroatoms. The van der Waals surface area contributed by atoms with Gasteiger partial charge >= 0.3 is 0 Å². The molecule has 0 bridgehead atoms. The molecule has 1 fully saturated rings. The van der Waals surface area contributed by atoms with Gasteiger partial charge in [-0.05, 0) is 61.9 Å². The number of hydrogen-bond donors (Lipinski definition) is 1.